The minimum absolute atomic E-state index is 0.0120. The van der Waals surface area contributed by atoms with E-state index in [4.69, 9.17) is 9.47 Å². The van der Waals surface area contributed by atoms with Crippen molar-refractivity contribution in [2.75, 3.05) is 50.3 Å². The standard InChI is InChI=1S/C48H64N8O10S.C34H51N5O10S/c1-6-19-37(50-44(59)38(30-67(5,64)65)51-46(61)42(36-26-17-10-18-27-36)54-48(63)66-29-31(2)3)43(45(60)49-28-39(58)52-40(32(4)57)33-20-11-7-12-21-33)55-56-47(62)53-41(34-22-13-8-14-23-34)35-24-15-9-16-25-35;1-6-13-25(30(42)33(45)35-18-27(41)38-28(22(4)40)23-14-9-7-10-15-23)36-31(43)26(20-50(5,47)48)37-32(44)29(24-16-11-8-12-17-24)39-34(46)49-19-21(2)3/h7-9,11-16,20-25,31,36-38,40-42H,6,10,17-19,26-30H2,1-5H3,(H,49,60)(H,50,59)(H,51,61)(H,52,58)(H,54,63)(H2,53,56,62);7,9-10,14-15,21,24-26,28-29H,6,8,11-13,16-20H2,1-5H3,(H,35,45)(H,36,43)(H,37,44)(H,38,41)(H,39,46)/t37-,38-,40+,42-;25-,26-,28+,29-/m00/s1. The summed E-state index contributed by atoms with van der Waals surface area (Å²) in [6.07, 6.45) is 8.31. The van der Waals surface area contributed by atoms with Gasteiger partial charge in [-0.15, -0.1) is 0 Å². The second kappa shape index (κ2) is 49.2. The Kier molecular flexibility index (Phi) is 40.6. The third-order valence-electron chi connectivity index (χ3n) is 18.9. The highest BCUT2D eigenvalue weighted by Gasteiger charge is 2.40. The molecule has 4 aromatic carbocycles. The van der Waals surface area contributed by atoms with Gasteiger partial charge in [0, 0.05) is 12.5 Å². The summed E-state index contributed by atoms with van der Waals surface area (Å²) in [5.41, 5.74) is 4.40. The van der Waals surface area contributed by atoms with E-state index in [0.29, 0.717) is 49.7 Å². The van der Waals surface area contributed by atoms with Gasteiger partial charge in [-0.25, -0.2) is 36.6 Å². The number of alkyl carbamates (subject to hydrolysis) is 2. The number of nitrogens with one attached hydrogen (secondary N) is 12. The Labute approximate surface area is 684 Å². The highest BCUT2D eigenvalue weighted by Crippen LogP contribution is 2.29. The van der Waals surface area contributed by atoms with Gasteiger partial charge in [-0.05, 0) is 98.3 Å². The van der Waals surface area contributed by atoms with E-state index in [1.54, 1.807) is 74.5 Å². The van der Waals surface area contributed by atoms with Crippen LogP contribution in [0.4, 0.5) is 14.4 Å². The van der Waals surface area contributed by atoms with Gasteiger partial charge < -0.3 is 68.0 Å². The van der Waals surface area contributed by atoms with E-state index in [0.717, 1.165) is 62.2 Å². The maximum atomic E-state index is 14.3. The monoisotopic (exact) mass is 1670 g/mol. The van der Waals surface area contributed by atoms with Crippen LogP contribution in [0.15, 0.2) is 126 Å². The lowest BCUT2D eigenvalue weighted by atomic mass is 9.83. The fourth-order valence-corrected chi connectivity index (χ4v) is 14.8. The quantitative estimate of drug-likeness (QED) is 0.0150. The van der Waals surface area contributed by atoms with Crippen molar-refractivity contribution in [3.63, 3.8) is 0 Å². The number of benzene rings is 4. The van der Waals surface area contributed by atoms with E-state index in [1.807, 2.05) is 88.4 Å². The topological polar surface area (TPSA) is 482 Å². The maximum Gasteiger partial charge on any atom is 0.407 e. The number of ketones is 3. The Balaban J connectivity index is 0.000000436. The highest BCUT2D eigenvalue weighted by molar-refractivity contribution is 7.91. The van der Waals surface area contributed by atoms with Crippen LogP contribution in [0.25, 0.3) is 0 Å². The van der Waals surface area contributed by atoms with Gasteiger partial charge in [0.1, 0.15) is 61.6 Å². The number of carbonyl (C=O) groups excluding carboxylic acids is 14. The molecule has 0 spiro atoms. The molecule has 2 aliphatic carbocycles. The van der Waals surface area contributed by atoms with Gasteiger partial charge in [-0.2, -0.15) is 5.10 Å². The first kappa shape index (κ1) is 96.6. The molecule has 2 aliphatic rings. The number of Topliss-reactive ketones (excluding diaryl/α,β-unsaturated/α-hetero) is 3. The van der Waals surface area contributed by atoms with Gasteiger partial charge in [0.2, 0.25) is 41.2 Å². The van der Waals surface area contributed by atoms with E-state index in [9.17, 15) is 84.0 Å². The van der Waals surface area contributed by atoms with Crippen molar-refractivity contribution in [2.24, 2.45) is 28.8 Å². The van der Waals surface area contributed by atoms with Crippen molar-refractivity contribution in [2.45, 2.75) is 200 Å². The van der Waals surface area contributed by atoms with Crippen LogP contribution in [0.3, 0.4) is 0 Å². The number of amides is 12. The molecule has 0 unspecified atom stereocenters. The lowest BCUT2D eigenvalue weighted by Crippen LogP contribution is -2.60. The Hall–Kier alpha value is -11.0. The lowest BCUT2D eigenvalue weighted by Gasteiger charge is -2.31. The molecule has 33 nitrogen and oxygen atoms in total. The summed E-state index contributed by atoms with van der Waals surface area (Å²) in [6, 6.07) is 23.3. The molecule has 117 heavy (non-hydrogen) atoms. The number of hydrazone groups is 1. The molecule has 12 N–H and O–H groups in total. The van der Waals surface area contributed by atoms with E-state index in [1.165, 1.54) is 13.8 Å². The van der Waals surface area contributed by atoms with Crippen LogP contribution >= 0.6 is 0 Å². The Bertz CT molecular complexity index is 4220. The summed E-state index contributed by atoms with van der Waals surface area (Å²) in [5, 5.41) is 32.0. The van der Waals surface area contributed by atoms with Crippen molar-refractivity contribution >= 4 is 108 Å². The Morgan fingerprint density at radius 3 is 1.11 bits per heavy atom. The summed E-state index contributed by atoms with van der Waals surface area (Å²) in [6.45, 7) is 12.4. The van der Waals surface area contributed by atoms with Crippen molar-refractivity contribution in [3.8, 4) is 0 Å². The van der Waals surface area contributed by atoms with Crippen LogP contribution < -0.4 is 63.9 Å². The Morgan fingerprint density at radius 1 is 0.419 bits per heavy atom. The zero-order chi connectivity index (χ0) is 86.4. The van der Waals surface area contributed by atoms with Gasteiger partial charge in [0.25, 0.3) is 11.8 Å². The summed E-state index contributed by atoms with van der Waals surface area (Å²) in [7, 11) is -7.82. The number of sulfone groups is 2. The molecule has 12 amide bonds. The summed E-state index contributed by atoms with van der Waals surface area (Å²) in [5.74, 6) is -11.3. The Morgan fingerprint density at radius 2 is 0.761 bits per heavy atom. The third kappa shape index (κ3) is 35.2. The van der Waals surface area contributed by atoms with Crippen LogP contribution in [0.2, 0.25) is 0 Å². The van der Waals surface area contributed by atoms with Crippen molar-refractivity contribution in [3.05, 3.63) is 144 Å². The number of nitrogens with zero attached hydrogens (tertiary/aromatic N) is 1. The van der Waals surface area contributed by atoms with E-state index in [-0.39, 0.29) is 61.3 Å². The molecule has 2 saturated carbocycles. The molecule has 8 atom stereocenters. The van der Waals surface area contributed by atoms with Gasteiger partial charge in [-0.3, -0.25) is 52.7 Å². The number of hydrogen-bond donors (Lipinski definition) is 12. The van der Waals surface area contributed by atoms with Gasteiger partial charge in [0.05, 0.1) is 55.9 Å². The lowest BCUT2D eigenvalue weighted by molar-refractivity contribution is -0.141. The fourth-order valence-electron chi connectivity index (χ4n) is 13.1. The minimum Gasteiger partial charge on any atom is -0.449 e. The smallest absolute Gasteiger partial charge is 0.407 e. The molecule has 2 fully saturated rings. The van der Waals surface area contributed by atoms with E-state index in [2.05, 4.69) is 69.0 Å². The third-order valence-corrected chi connectivity index (χ3v) is 20.8. The molecule has 0 aliphatic heterocycles. The molecule has 6 rings (SSSR count). The average molecular weight is 1670 g/mol. The van der Waals surface area contributed by atoms with Gasteiger partial charge >= 0.3 is 18.2 Å². The number of urea groups is 1. The number of carbonyl (C=O) groups is 14. The predicted octanol–water partition coefficient (Wildman–Crippen LogP) is 5.40. The van der Waals surface area contributed by atoms with Crippen LogP contribution in [0.5, 0.6) is 0 Å². The largest absolute Gasteiger partial charge is 0.449 e. The minimum atomic E-state index is -3.95. The highest BCUT2D eigenvalue weighted by atomic mass is 32.2. The molecular formula is C82H115N13O20S2. The summed E-state index contributed by atoms with van der Waals surface area (Å²) < 4.78 is 60.7. The molecular weight excluding hydrogens is 1550 g/mol. The summed E-state index contributed by atoms with van der Waals surface area (Å²) in [4.78, 5) is 185. The molecule has 0 bridgehead atoms. The number of rotatable bonds is 42. The van der Waals surface area contributed by atoms with Crippen molar-refractivity contribution in [1.82, 2.24) is 63.9 Å². The molecule has 0 saturated heterocycles. The first-order valence-corrected chi connectivity index (χ1v) is 43.6. The SMILES string of the molecule is CCC[C@H](NC(=O)[C@H](CS(C)(=O)=O)NC(=O)[C@@H](NC(=O)OCC(C)C)C1CCCCC1)C(=NNC(=O)NC(c1ccccc1)c1ccccc1)C(=O)NCC(=O)N[C@H](C(C)=O)c1ccccc1.CCC[C@H](NC(=O)[C@H](CS(C)(=O)=O)NC(=O)[C@@H](NC(=O)OCC(C)C)C1CCCCC1)C(=O)C(=O)NCC(=O)N[C@H](C(C)=O)c1ccccc1. The predicted molar refractivity (Wildman–Crippen MR) is 437 cm³/mol. The van der Waals surface area contributed by atoms with Crippen LogP contribution in [0.1, 0.15) is 186 Å². The second-order valence-electron chi connectivity index (χ2n) is 30.1. The average Bonchev–Trinajstić information content (AvgIpc) is 0.841. The van der Waals surface area contributed by atoms with E-state index < -0.39 is 176 Å². The van der Waals surface area contributed by atoms with Gasteiger partial charge in [0.15, 0.2) is 11.6 Å². The van der Waals surface area contributed by atoms with Crippen LogP contribution in [0, 0.1) is 23.7 Å². The molecule has 0 aromatic heterocycles. The molecule has 0 radical (unpaired) electrons. The first-order chi connectivity index (χ1) is 55.5. The normalized spacial score (nSPS) is 15.3. The van der Waals surface area contributed by atoms with Gasteiger partial charge in [-0.1, -0.05) is 214 Å². The van der Waals surface area contributed by atoms with Crippen LogP contribution in [-0.4, -0.2) is 192 Å². The molecule has 0 heterocycles. The van der Waals surface area contributed by atoms with Crippen molar-refractivity contribution in [1.29, 1.82) is 0 Å². The number of hydrogen-bond acceptors (Lipinski definition) is 21. The zero-order valence-corrected chi connectivity index (χ0v) is 69.8. The fraction of sp³-hybridized carbons (Fsp3) is 0.524. The van der Waals surface area contributed by atoms with E-state index >= 15 is 0 Å². The number of ether oxygens (including phenoxy) is 2. The van der Waals surface area contributed by atoms with Crippen molar-refractivity contribution < 1.29 is 93.4 Å². The second-order valence-corrected chi connectivity index (χ2v) is 34.5. The maximum absolute atomic E-state index is 14.3. The molecule has 35 heteroatoms. The van der Waals surface area contributed by atoms with Crippen LogP contribution in [-0.2, 0) is 81.9 Å². The summed E-state index contributed by atoms with van der Waals surface area (Å²) >= 11 is 0. The zero-order valence-electron chi connectivity index (χ0n) is 68.1. The molecule has 640 valence electrons. The first-order valence-electron chi connectivity index (χ1n) is 39.4. The molecule has 4 aromatic rings.